The first-order valence-electron chi connectivity index (χ1n) is 7.59. The molecule has 0 spiro atoms. The van der Waals surface area contributed by atoms with Gasteiger partial charge in [0.25, 0.3) is 0 Å². The van der Waals surface area contributed by atoms with Gasteiger partial charge in [0, 0.05) is 24.7 Å². The Labute approximate surface area is 136 Å². The van der Waals surface area contributed by atoms with Crippen LogP contribution in [0.15, 0.2) is 18.2 Å². The zero-order chi connectivity index (χ0) is 15.9. The third kappa shape index (κ3) is 4.87. The standard InChI is InChI=1S/C16H23ClN2O3/c1-3-21-14-5-4-13(17)10-12(14)6-7-18-16(20)15-11-19(2)8-9-22-15/h4-5,10,15H,3,6-9,11H2,1-2H3,(H,18,20)/t15-/m0/s1. The van der Waals surface area contributed by atoms with Crippen molar-refractivity contribution in [3.8, 4) is 5.75 Å². The molecule has 1 aliphatic rings. The van der Waals surface area contributed by atoms with Crippen molar-refractivity contribution in [1.82, 2.24) is 10.2 Å². The molecule has 1 aliphatic heterocycles. The molecule has 1 heterocycles. The molecule has 6 heteroatoms. The molecule has 0 unspecified atom stereocenters. The van der Waals surface area contributed by atoms with E-state index < -0.39 is 0 Å². The number of hydrogen-bond acceptors (Lipinski definition) is 4. The summed E-state index contributed by atoms with van der Waals surface area (Å²) in [4.78, 5) is 14.2. The summed E-state index contributed by atoms with van der Waals surface area (Å²) in [7, 11) is 1.99. The van der Waals surface area contributed by atoms with Crippen molar-refractivity contribution in [2.24, 2.45) is 0 Å². The number of amides is 1. The fraction of sp³-hybridized carbons (Fsp3) is 0.562. The summed E-state index contributed by atoms with van der Waals surface area (Å²) in [6.45, 7) is 5.16. The van der Waals surface area contributed by atoms with Crippen molar-refractivity contribution in [3.05, 3.63) is 28.8 Å². The maximum Gasteiger partial charge on any atom is 0.250 e. The van der Waals surface area contributed by atoms with Gasteiger partial charge in [-0.1, -0.05) is 11.6 Å². The van der Waals surface area contributed by atoms with E-state index in [4.69, 9.17) is 21.1 Å². The number of rotatable bonds is 6. The van der Waals surface area contributed by atoms with E-state index in [1.165, 1.54) is 0 Å². The van der Waals surface area contributed by atoms with Gasteiger partial charge in [-0.15, -0.1) is 0 Å². The van der Waals surface area contributed by atoms with Crippen LogP contribution >= 0.6 is 11.6 Å². The molecule has 1 fully saturated rings. The lowest BCUT2D eigenvalue weighted by Crippen LogP contribution is -2.48. The summed E-state index contributed by atoms with van der Waals surface area (Å²) in [5, 5.41) is 3.59. The molecule has 1 N–H and O–H groups in total. The van der Waals surface area contributed by atoms with Crippen LogP contribution in [0.25, 0.3) is 0 Å². The Bertz CT molecular complexity index is 510. The van der Waals surface area contributed by atoms with Crippen LogP contribution in [0.3, 0.4) is 0 Å². The molecule has 5 nitrogen and oxygen atoms in total. The van der Waals surface area contributed by atoms with E-state index >= 15 is 0 Å². The van der Waals surface area contributed by atoms with Gasteiger partial charge in [0.2, 0.25) is 5.91 Å². The highest BCUT2D eigenvalue weighted by Crippen LogP contribution is 2.23. The number of morpholine rings is 1. The number of nitrogens with one attached hydrogen (secondary N) is 1. The van der Waals surface area contributed by atoms with Gasteiger partial charge < -0.3 is 19.7 Å². The smallest absolute Gasteiger partial charge is 0.250 e. The topological polar surface area (TPSA) is 50.8 Å². The largest absolute Gasteiger partial charge is 0.494 e. The molecule has 0 bridgehead atoms. The molecule has 1 aromatic rings. The Hall–Kier alpha value is -1.30. The molecule has 1 aromatic carbocycles. The average molecular weight is 327 g/mol. The second-order valence-corrected chi connectivity index (χ2v) is 5.78. The number of likely N-dealkylation sites (N-methyl/N-ethyl adjacent to an activating group) is 1. The Morgan fingerprint density at radius 3 is 3.09 bits per heavy atom. The number of halogens is 1. The highest BCUT2D eigenvalue weighted by Gasteiger charge is 2.24. The zero-order valence-electron chi connectivity index (χ0n) is 13.1. The van der Waals surface area contributed by atoms with Crippen molar-refractivity contribution in [2.75, 3.05) is 39.9 Å². The quantitative estimate of drug-likeness (QED) is 0.865. The number of carbonyl (C=O) groups excluding carboxylic acids is 1. The third-order valence-electron chi connectivity index (χ3n) is 3.58. The monoisotopic (exact) mass is 326 g/mol. The lowest BCUT2D eigenvalue weighted by molar-refractivity contribution is -0.137. The molecular weight excluding hydrogens is 304 g/mol. The van der Waals surface area contributed by atoms with E-state index in [-0.39, 0.29) is 12.0 Å². The molecule has 1 atom stereocenters. The summed E-state index contributed by atoms with van der Waals surface area (Å²) in [5.74, 6) is 0.751. The van der Waals surface area contributed by atoms with Crippen LogP contribution in [0.1, 0.15) is 12.5 Å². The third-order valence-corrected chi connectivity index (χ3v) is 3.81. The predicted octanol–water partition coefficient (Wildman–Crippen LogP) is 1.73. The number of carbonyl (C=O) groups is 1. The Morgan fingerprint density at radius 2 is 2.36 bits per heavy atom. The minimum absolute atomic E-state index is 0.0634. The van der Waals surface area contributed by atoms with Gasteiger partial charge in [-0.2, -0.15) is 0 Å². The molecule has 2 rings (SSSR count). The van der Waals surface area contributed by atoms with Crippen molar-refractivity contribution in [1.29, 1.82) is 0 Å². The maximum absolute atomic E-state index is 12.1. The molecular formula is C16H23ClN2O3. The maximum atomic E-state index is 12.1. The Kier molecular flexibility index (Phi) is 6.49. The zero-order valence-corrected chi connectivity index (χ0v) is 13.9. The van der Waals surface area contributed by atoms with E-state index in [1.54, 1.807) is 6.07 Å². The molecule has 0 aliphatic carbocycles. The summed E-state index contributed by atoms with van der Waals surface area (Å²) in [5.41, 5.74) is 0.997. The predicted molar refractivity (Wildman–Crippen MR) is 86.6 cm³/mol. The van der Waals surface area contributed by atoms with E-state index in [0.717, 1.165) is 17.9 Å². The van der Waals surface area contributed by atoms with Crippen LogP contribution < -0.4 is 10.1 Å². The van der Waals surface area contributed by atoms with E-state index in [0.29, 0.717) is 37.7 Å². The van der Waals surface area contributed by atoms with E-state index in [2.05, 4.69) is 10.2 Å². The lowest BCUT2D eigenvalue weighted by atomic mass is 10.1. The van der Waals surface area contributed by atoms with Crippen molar-refractivity contribution in [3.63, 3.8) is 0 Å². The SMILES string of the molecule is CCOc1ccc(Cl)cc1CCNC(=O)[C@@H]1CN(C)CCO1. The fourth-order valence-electron chi connectivity index (χ4n) is 2.41. The van der Waals surface area contributed by atoms with Crippen LogP contribution in [0, 0.1) is 0 Å². The second kappa shape index (κ2) is 8.36. The van der Waals surface area contributed by atoms with Gasteiger partial charge in [-0.05, 0) is 44.2 Å². The van der Waals surface area contributed by atoms with Gasteiger partial charge in [-0.25, -0.2) is 0 Å². The Morgan fingerprint density at radius 1 is 1.55 bits per heavy atom. The first kappa shape index (κ1) is 17.1. The van der Waals surface area contributed by atoms with Crippen LogP contribution in [0.5, 0.6) is 5.75 Å². The van der Waals surface area contributed by atoms with Crippen molar-refractivity contribution >= 4 is 17.5 Å². The summed E-state index contributed by atoms with van der Waals surface area (Å²) >= 11 is 6.03. The van der Waals surface area contributed by atoms with Crippen LogP contribution in [0.2, 0.25) is 5.02 Å². The molecule has 1 saturated heterocycles. The van der Waals surface area contributed by atoms with Gasteiger partial charge in [0.05, 0.1) is 13.2 Å². The highest BCUT2D eigenvalue weighted by molar-refractivity contribution is 6.30. The van der Waals surface area contributed by atoms with Gasteiger partial charge in [0.1, 0.15) is 11.9 Å². The molecule has 22 heavy (non-hydrogen) atoms. The normalized spacial score (nSPS) is 19.0. The van der Waals surface area contributed by atoms with E-state index in [1.807, 2.05) is 26.1 Å². The first-order valence-corrected chi connectivity index (χ1v) is 7.97. The van der Waals surface area contributed by atoms with Crippen molar-refractivity contribution < 1.29 is 14.3 Å². The van der Waals surface area contributed by atoms with Crippen LogP contribution in [-0.2, 0) is 16.0 Å². The molecule has 0 radical (unpaired) electrons. The first-order chi connectivity index (χ1) is 10.6. The highest BCUT2D eigenvalue weighted by atomic mass is 35.5. The average Bonchev–Trinajstić information content (AvgIpc) is 2.50. The van der Waals surface area contributed by atoms with Crippen LogP contribution in [0.4, 0.5) is 0 Å². The van der Waals surface area contributed by atoms with E-state index in [9.17, 15) is 4.79 Å². The summed E-state index contributed by atoms with van der Waals surface area (Å²) in [6.07, 6.45) is 0.286. The molecule has 1 amide bonds. The van der Waals surface area contributed by atoms with Gasteiger partial charge in [0.15, 0.2) is 0 Å². The summed E-state index contributed by atoms with van der Waals surface area (Å²) < 4.78 is 11.1. The second-order valence-electron chi connectivity index (χ2n) is 5.35. The molecule has 122 valence electrons. The lowest BCUT2D eigenvalue weighted by Gasteiger charge is -2.29. The number of benzene rings is 1. The van der Waals surface area contributed by atoms with Crippen LogP contribution in [-0.4, -0.2) is 56.8 Å². The number of ether oxygens (including phenoxy) is 2. The van der Waals surface area contributed by atoms with Gasteiger partial charge in [-0.3, -0.25) is 4.79 Å². The fourth-order valence-corrected chi connectivity index (χ4v) is 2.61. The minimum Gasteiger partial charge on any atom is -0.494 e. The number of hydrogen-bond donors (Lipinski definition) is 1. The molecule has 0 aromatic heterocycles. The van der Waals surface area contributed by atoms with Gasteiger partial charge >= 0.3 is 0 Å². The Balaban J connectivity index is 1.85. The number of nitrogens with zero attached hydrogens (tertiary/aromatic N) is 1. The summed E-state index contributed by atoms with van der Waals surface area (Å²) in [6, 6.07) is 5.55. The van der Waals surface area contributed by atoms with Crippen molar-refractivity contribution in [2.45, 2.75) is 19.4 Å². The minimum atomic E-state index is -0.385. The molecule has 0 saturated carbocycles.